The zero-order valence-corrected chi connectivity index (χ0v) is 43.7. The van der Waals surface area contributed by atoms with Crippen molar-refractivity contribution in [1.29, 1.82) is 0 Å². The summed E-state index contributed by atoms with van der Waals surface area (Å²) in [5.74, 6) is 1.00. The van der Waals surface area contributed by atoms with Crippen molar-refractivity contribution in [3.05, 3.63) is 136 Å². The largest absolute Gasteiger partial charge is 0.310 e. The van der Waals surface area contributed by atoms with Crippen molar-refractivity contribution >= 4 is 78.1 Å². The van der Waals surface area contributed by atoms with E-state index in [4.69, 9.17) is 9.97 Å². The zero-order chi connectivity index (χ0) is 47.5. The lowest BCUT2D eigenvalue weighted by Gasteiger charge is -2.47. The van der Waals surface area contributed by atoms with Crippen LogP contribution in [0.1, 0.15) is 162 Å². The fraction of sp³-hybridized carbons (Fsp3) is 0.410. The molecule has 0 spiro atoms. The Labute approximate surface area is 405 Å². The molecule has 7 aromatic rings. The van der Waals surface area contributed by atoms with E-state index in [0.717, 1.165) is 47.8 Å². The molecule has 4 aliphatic rings. The molecule has 4 nitrogen and oxygen atoms in total. The van der Waals surface area contributed by atoms with Gasteiger partial charge in [-0.05, 0) is 170 Å². The number of aromatic nitrogens is 2. The van der Waals surface area contributed by atoms with Gasteiger partial charge in [0.05, 0.1) is 17.1 Å². The van der Waals surface area contributed by atoms with Gasteiger partial charge in [0.15, 0.2) is 0 Å². The molecule has 0 fully saturated rings. The van der Waals surface area contributed by atoms with Gasteiger partial charge in [-0.2, -0.15) is 0 Å². The van der Waals surface area contributed by atoms with Gasteiger partial charge in [-0.25, -0.2) is 4.98 Å². The fourth-order valence-electron chi connectivity index (χ4n) is 12.0. The molecule has 342 valence electrons. The monoisotopic (exact) mass is 901 g/mol. The third-order valence-corrected chi connectivity index (χ3v) is 17.8. The van der Waals surface area contributed by atoms with Crippen LogP contribution in [0.2, 0.25) is 0 Å². The minimum Gasteiger partial charge on any atom is -0.310 e. The first-order valence-electron chi connectivity index (χ1n) is 24.9. The molecule has 0 saturated carbocycles. The maximum atomic E-state index is 5.92. The van der Waals surface area contributed by atoms with Gasteiger partial charge in [0.25, 0.3) is 6.71 Å². The molecule has 5 heterocycles. The van der Waals surface area contributed by atoms with Crippen molar-refractivity contribution in [3.8, 4) is 11.4 Å². The standard InChI is InChI=1S/C61H69BN4S/c1-36-17-16-18-47(63-36)48-35-50-52-55(64-48)66(40-24-25-42-43(32-40)59(10,11)28-27-58(42,8)9)49-34-45-44(60(12,13)29-30-61(45,14)15)33-46(49)62(52)54-53(41-31-38(57(5,6)7)21-26-51(41)67-54)65(50)39-22-19-37(20-23-39)56(2,3)4/h16-26,31-35H,27-30H2,1-15H3. The maximum Gasteiger partial charge on any atom is 0.266 e. The molecule has 4 aromatic carbocycles. The minimum atomic E-state index is -0.0296. The molecule has 0 unspecified atom stereocenters. The van der Waals surface area contributed by atoms with Crippen molar-refractivity contribution < 1.29 is 0 Å². The Kier molecular flexibility index (Phi) is 9.54. The number of benzene rings is 4. The molecular formula is C61H69BN4S. The summed E-state index contributed by atoms with van der Waals surface area (Å²) >= 11 is 1.98. The Morgan fingerprint density at radius 3 is 1.75 bits per heavy atom. The molecule has 0 atom stereocenters. The van der Waals surface area contributed by atoms with Gasteiger partial charge in [-0.15, -0.1) is 11.3 Å². The highest BCUT2D eigenvalue weighted by Crippen LogP contribution is 2.54. The van der Waals surface area contributed by atoms with Gasteiger partial charge >= 0.3 is 0 Å². The van der Waals surface area contributed by atoms with Crippen LogP contribution < -0.4 is 25.5 Å². The van der Waals surface area contributed by atoms with Crippen LogP contribution in [0.3, 0.4) is 0 Å². The SMILES string of the molecule is Cc1cccc(-c2cc3c4c(n2)N(c2ccc5c(c2)C(C)(C)CCC5(C)C)c2cc5c(cc2B4c2sc4ccc(C(C)(C)C)cc4c2N3c2ccc(C(C)(C)C)cc2)C(C)(C)CCC5(C)C)n1. The molecule has 67 heavy (non-hydrogen) atoms. The summed E-state index contributed by atoms with van der Waals surface area (Å²) in [5.41, 5.74) is 20.3. The van der Waals surface area contributed by atoms with Gasteiger partial charge in [0.1, 0.15) is 5.82 Å². The quantitative estimate of drug-likeness (QED) is 0.165. The van der Waals surface area contributed by atoms with Gasteiger partial charge in [0, 0.05) is 43.3 Å². The van der Waals surface area contributed by atoms with Gasteiger partial charge < -0.3 is 4.90 Å². The molecule has 0 saturated heterocycles. The van der Waals surface area contributed by atoms with Crippen LogP contribution in [-0.2, 0) is 32.5 Å². The Morgan fingerprint density at radius 2 is 1.12 bits per heavy atom. The summed E-state index contributed by atoms with van der Waals surface area (Å²) in [6, 6.07) is 38.1. The van der Waals surface area contributed by atoms with Gasteiger partial charge in [-0.1, -0.05) is 133 Å². The van der Waals surface area contributed by atoms with E-state index in [9.17, 15) is 0 Å². The minimum absolute atomic E-state index is 0.0100. The van der Waals surface area contributed by atoms with Crippen LogP contribution in [0.4, 0.5) is 34.3 Å². The summed E-state index contributed by atoms with van der Waals surface area (Å²) < 4.78 is 2.71. The third-order valence-electron chi connectivity index (χ3n) is 16.6. The van der Waals surface area contributed by atoms with Crippen molar-refractivity contribution in [2.75, 3.05) is 9.80 Å². The molecule has 0 bridgehead atoms. The number of aryl methyl sites for hydroxylation is 1. The number of rotatable bonds is 3. The summed E-state index contributed by atoms with van der Waals surface area (Å²) in [6.45, 7) is 35.7. The van der Waals surface area contributed by atoms with Crippen molar-refractivity contribution in [2.45, 2.75) is 162 Å². The second-order valence-corrected chi connectivity index (χ2v) is 26.4. The normalized spacial score (nSPS) is 18.5. The number of fused-ring (bicyclic) bond motifs is 8. The molecule has 6 heteroatoms. The zero-order valence-electron chi connectivity index (χ0n) is 42.8. The van der Waals surface area contributed by atoms with Crippen molar-refractivity contribution in [1.82, 2.24) is 9.97 Å². The van der Waals surface area contributed by atoms with Crippen LogP contribution >= 0.6 is 11.3 Å². The van der Waals surface area contributed by atoms with E-state index in [1.165, 1.54) is 88.3 Å². The number of hydrogen-bond donors (Lipinski definition) is 0. The number of thiophene rings is 1. The molecule has 11 rings (SSSR count). The van der Waals surface area contributed by atoms with E-state index < -0.39 is 0 Å². The average Bonchev–Trinajstić information content (AvgIpc) is 3.64. The summed E-state index contributed by atoms with van der Waals surface area (Å²) in [4.78, 5) is 16.3. The molecule has 2 aliphatic heterocycles. The lowest BCUT2D eigenvalue weighted by molar-refractivity contribution is 0.332. The predicted octanol–water partition coefficient (Wildman–Crippen LogP) is 15.0. The Bertz CT molecular complexity index is 3190. The number of anilines is 6. The Hall–Kier alpha value is -5.20. The lowest BCUT2D eigenvalue weighted by Crippen LogP contribution is -2.61. The fourth-order valence-corrected chi connectivity index (χ4v) is 13.3. The van der Waals surface area contributed by atoms with Crippen molar-refractivity contribution in [2.24, 2.45) is 0 Å². The first-order valence-corrected chi connectivity index (χ1v) is 25.8. The van der Waals surface area contributed by atoms with E-state index in [2.05, 4.69) is 211 Å². The van der Waals surface area contributed by atoms with Crippen LogP contribution in [-0.4, -0.2) is 16.7 Å². The first kappa shape index (κ1) is 44.3. The Balaban J connectivity index is 1.30. The van der Waals surface area contributed by atoms with E-state index >= 15 is 0 Å². The summed E-state index contributed by atoms with van der Waals surface area (Å²) in [6.07, 6.45) is 4.65. The number of hydrogen-bond acceptors (Lipinski definition) is 5. The summed E-state index contributed by atoms with van der Waals surface area (Å²) in [5, 5.41) is 1.31. The number of nitrogens with zero attached hydrogens (tertiary/aromatic N) is 4. The first-order chi connectivity index (χ1) is 31.3. The second kappa shape index (κ2) is 14.4. The van der Waals surface area contributed by atoms with E-state index in [1.54, 1.807) is 0 Å². The smallest absolute Gasteiger partial charge is 0.266 e. The third kappa shape index (κ3) is 6.88. The van der Waals surface area contributed by atoms with Gasteiger partial charge in [-0.3, -0.25) is 9.88 Å². The van der Waals surface area contributed by atoms with Crippen LogP contribution in [0.5, 0.6) is 0 Å². The van der Waals surface area contributed by atoms with Crippen molar-refractivity contribution in [3.63, 3.8) is 0 Å². The molecule has 0 radical (unpaired) electrons. The Morgan fingerprint density at radius 1 is 0.537 bits per heavy atom. The average molecular weight is 901 g/mol. The van der Waals surface area contributed by atoms with E-state index in [1.807, 2.05) is 11.3 Å². The van der Waals surface area contributed by atoms with Gasteiger partial charge in [0.2, 0.25) is 0 Å². The highest BCUT2D eigenvalue weighted by atomic mass is 32.1. The lowest BCUT2D eigenvalue weighted by atomic mass is 9.36. The highest BCUT2D eigenvalue weighted by Gasteiger charge is 2.49. The molecule has 0 amide bonds. The number of pyridine rings is 2. The highest BCUT2D eigenvalue weighted by molar-refractivity contribution is 7.33. The summed E-state index contributed by atoms with van der Waals surface area (Å²) in [7, 11) is 0. The van der Waals surface area contributed by atoms with E-state index in [-0.39, 0.29) is 39.2 Å². The topological polar surface area (TPSA) is 32.3 Å². The van der Waals surface area contributed by atoms with Crippen LogP contribution in [0, 0.1) is 6.92 Å². The maximum absolute atomic E-state index is 5.92. The van der Waals surface area contributed by atoms with Crippen LogP contribution in [0.15, 0.2) is 97.1 Å². The van der Waals surface area contributed by atoms with E-state index in [0.29, 0.717) is 0 Å². The molecule has 0 N–H and O–H groups in total. The molecule has 2 aliphatic carbocycles. The van der Waals surface area contributed by atoms with Crippen LogP contribution in [0.25, 0.3) is 21.5 Å². The second-order valence-electron chi connectivity index (χ2n) is 25.3. The molecule has 3 aromatic heterocycles. The molecular weight excluding hydrogens is 832 g/mol. The predicted molar refractivity (Wildman–Crippen MR) is 290 cm³/mol.